The van der Waals surface area contributed by atoms with Crippen molar-refractivity contribution in [2.24, 2.45) is 5.41 Å². The van der Waals surface area contributed by atoms with Crippen LogP contribution in [0.5, 0.6) is 0 Å². The lowest BCUT2D eigenvalue weighted by Gasteiger charge is -2.26. The highest BCUT2D eigenvalue weighted by Gasteiger charge is 2.45. The van der Waals surface area contributed by atoms with Crippen molar-refractivity contribution < 1.29 is 19.8 Å². The largest absolute Gasteiger partial charge is 0.395 e. The number of aliphatic hydroxyl groups is 2. The van der Waals surface area contributed by atoms with E-state index in [2.05, 4.69) is 0 Å². The summed E-state index contributed by atoms with van der Waals surface area (Å²) in [5.74, 6) is -0.366. The Labute approximate surface area is 131 Å². The molecule has 1 aromatic rings. The summed E-state index contributed by atoms with van der Waals surface area (Å²) in [6, 6.07) is 9.31. The van der Waals surface area contributed by atoms with E-state index >= 15 is 0 Å². The van der Waals surface area contributed by atoms with Crippen molar-refractivity contribution in [2.45, 2.75) is 45.3 Å². The summed E-state index contributed by atoms with van der Waals surface area (Å²) in [5, 5.41) is 21.7. The van der Waals surface area contributed by atoms with Crippen LogP contribution in [0.3, 0.4) is 0 Å². The van der Waals surface area contributed by atoms with Gasteiger partial charge in [-0.15, -0.1) is 5.06 Å². The molecule has 1 aromatic carbocycles. The minimum atomic E-state index is -1.01. The van der Waals surface area contributed by atoms with Crippen molar-refractivity contribution in [1.82, 2.24) is 5.06 Å². The Morgan fingerprint density at radius 1 is 1.36 bits per heavy atom. The molecule has 2 N–H and O–H groups in total. The molecule has 0 spiro atoms. The first kappa shape index (κ1) is 16.9. The van der Waals surface area contributed by atoms with Crippen LogP contribution in [0.15, 0.2) is 30.3 Å². The van der Waals surface area contributed by atoms with Crippen LogP contribution in [-0.4, -0.2) is 46.0 Å². The third-order valence-corrected chi connectivity index (χ3v) is 3.87. The molecule has 0 amide bonds. The van der Waals surface area contributed by atoms with Crippen molar-refractivity contribution in [3.05, 3.63) is 35.9 Å². The Morgan fingerprint density at radius 2 is 2.00 bits per heavy atom. The SMILES string of the molecule is CC(C)(C)C(=O)ON1CC(O)(Cc2ccccc2)C[C@H]1CO. The lowest BCUT2D eigenvalue weighted by atomic mass is 9.92. The van der Waals surface area contributed by atoms with Crippen LogP contribution in [0.25, 0.3) is 0 Å². The average molecular weight is 307 g/mol. The number of hydrogen-bond acceptors (Lipinski definition) is 5. The highest BCUT2D eigenvalue weighted by molar-refractivity contribution is 5.75. The van der Waals surface area contributed by atoms with Crippen molar-refractivity contribution in [3.8, 4) is 0 Å². The molecule has 5 nitrogen and oxygen atoms in total. The molecule has 1 unspecified atom stereocenters. The quantitative estimate of drug-likeness (QED) is 0.883. The smallest absolute Gasteiger partial charge is 0.330 e. The zero-order valence-corrected chi connectivity index (χ0v) is 13.5. The maximum Gasteiger partial charge on any atom is 0.330 e. The number of carbonyl (C=O) groups excluding carboxylic acids is 1. The highest BCUT2D eigenvalue weighted by atomic mass is 16.7. The lowest BCUT2D eigenvalue weighted by molar-refractivity contribution is -0.209. The number of carbonyl (C=O) groups is 1. The molecule has 2 atom stereocenters. The van der Waals surface area contributed by atoms with Gasteiger partial charge in [0.2, 0.25) is 0 Å². The minimum Gasteiger partial charge on any atom is -0.395 e. The highest BCUT2D eigenvalue weighted by Crippen LogP contribution is 2.31. The molecule has 1 aliphatic heterocycles. The van der Waals surface area contributed by atoms with Gasteiger partial charge in [-0.25, -0.2) is 4.79 Å². The van der Waals surface area contributed by atoms with Gasteiger partial charge in [-0.05, 0) is 32.8 Å². The normalized spacial score (nSPS) is 26.1. The molecule has 0 radical (unpaired) electrons. The van der Waals surface area contributed by atoms with Crippen LogP contribution in [-0.2, 0) is 16.1 Å². The number of hydroxylamine groups is 2. The summed E-state index contributed by atoms with van der Waals surface area (Å²) in [6.07, 6.45) is 0.837. The molecule has 0 bridgehead atoms. The molecule has 5 heteroatoms. The van der Waals surface area contributed by atoms with Crippen molar-refractivity contribution >= 4 is 5.97 Å². The zero-order valence-electron chi connectivity index (χ0n) is 13.5. The third-order valence-electron chi connectivity index (χ3n) is 3.87. The molecule has 2 rings (SSSR count). The molecule has 1 heterocycles. The molecule has 0 saturated carbocycles. The Kier molecular flexibility index (Phi) is 4.90. The Balaban J connectivity index is 2.06. The van der Waals surface area contributed by atoms with Gasteiger partial charge in [0.15, 0.2) is 0 Å². The molecule has 1 fully saturated rings. The molecular weight excluding hydrogens is 282 g/mol. The zero-order chi connectivity index (χ0) is 16.4. The Bertz CT molecular complexity index is 511. The maximum atomic E-state index is 12.0. The van der Waals surface area contributed by atoms with E-state index in [9.17, 15) is 15.0 Å². The Hall–Kier alpha value is -1.43. The number of hydrogen-bond donors (Lipinski definition) is 2. The van der Waals surface area contributed by atoms with Crippen molar-refractivity contribution in [2.75, 3.05) is 13.2 Å². The van der Waals surface area contributed by atoms with E-state index < -0.39 is 11.0 Å². The summed E-state index contributed by atoms with van der Waals surface area (Å²) in [5.41, 5.74) is -0.613. The lowest BCUT2D eigenvalue weighted by Crippen LogP contribution is -2.40. The van der Waals surface area contributed by atoms with E-state index in [0.717, 1.165) is 5.56 Å². The molecule has 22 heavy (non-hydrogen) atoms. The van der Waals surface area contributed by atoms with Gasteiger partial charge in [-0.1, -0.05) is 30.3 Å². The van der Waals surface area contributed by atoms with E-state index in [1.54, 1.807) is 20.8 Å². The van der Waals surface area contributed by atoms with Crippen LogP contribution < -0.4 is 0 Å². The van der Waals surface area contributed by atoms with Crippen LogP contribution in [0.2, 0.25) is 0 Å². The topological polar surface area (TPSA) is 70.0 Å². The molecule has 1 aliphatic rings. The van der Waals surface area contributed by atoms with E-state index in [4.69, 9.17) is 4.84 Å². The van der Waals surface area contributed by atoms with Crippen molar-refractivity contribution in [3.63, 3.8) is 0 Å². The summed E-state index contributed by atoms with van der Waals surface area (Å²) in [6.45, 7) is 5.37. The first-order valence-electron chi connectivity index (χ1n) is 7.60. The van der Waals surface area contributed by atoms with Gasteiger partial charge in [-0.3, -0.25) is 0 Å². The number of β-amino-alcohol motifs (C(OH)–C–C–N with tert-alkyl or cyclic N) is 1. The monoisotopic (exact) mass is 307 g/mol. The molecule has 1 saturated heterocycles. The van der Waals surface area contributed by atoms with Crippen LogP contribution in [0.4, 0.5) is 0 Å². The van der Waals surface area contributed by atoms with E-state index in [1.807, 2.05) is 30.3 Å². The standard InChI is InChI=1S/C17H25NO4/c1-16(2,3)15(20)22-18-12-17(21,10-14(18)11-19)9-13-7-5-4-6-8-13/h4-8,14,19,21H,9-12H2,1-3H3/t14-,17?/m0/s1. The summed E-state index contributed by atoms with van der Waals surface area (Å²) in [4.78, 5) is 17.4. The number of nitrogens with zero attached hydrogens (tertiary/aromatic N) is 1. The van der Waals surface area contributed by atoms with E-state index in [1.165, 1.54) is 5.06 Å². The van der Waals surface area contributed by atoms with Gasteiger partial charge in [0.05, 0.1) is 30.2 Å². The second-order valence-corrected chi connectivity index (χ2v) is 7.13. The average Bonchev–Trinajstić information content (AvgIpc) is 2.74. The predicted molar refractivity (Wildman–Crippen MR) is 82.8 cm³/mol. The maximum absolute atomic E-state index is 12.0. The number of benzene rings is 1. The fraction of sp³-hybridized carbons (Fsp3) is 0.588. The second kappa shape index (κ2) is 6.36. The number of rotatable bonds is 4. The number of aliphatic hydroxyl groups excluding tert-OH is 1. The van der Waals surface area contributed by atoms with E-state index in [-0.39, 0.29) is 25.2 Å². The molecule has 0 aromatic heterocycles. The molecular formula is C17H25NO4. The van der Waals surface area contributed by atoms with Gasteiger partial charge in [0.1, 0.15) is 0 Å². The third kappa shape index (κ3) is 4.06. The first-order chi connectivity index (χ1) is 10.2. The fourth-order valence-corrected chi connectivity index (χ4v) is 2.63. The van der Waals surface area contributed by atoms with Gasteiger partial charge >= 0.3 is 5.97 Å². The van der Waals surface area contributed by atoms with Crippen LogP contribution in [0, 0.1) is 5.41 Å². The van der Waals surface area contributed by atoms with Crippen molar-refractivity contribution in [1.29, 1.82) is 0 Å². The predicted octanol–water partition coefficient (Wildman–Crippen LogP) is 1.53. The van der Waals surface area contributed by atoms with E-state index in [0.29, 0.717) is 12.8 Å². The fourth-order valence-electron chi connectivity index (χ4n) is 2.63. The minimum absolute atomic E-state index is 0.158. The van der Waals surface area contributed by atoms with Crippen LogP contribution >= 0.6 is 0 Å². The summed E-state index contributed by atoms with van der Waals surface area (Å²) >= 11 is 0. The summed E-state index contributed by atoms with van der Waals surface area (Å²) in [7, 11) is 0. The van der Waals surface area contributed by atoms with Gasteiger partial charge < -0.3 is 15.1 Å². The second-order valence-electron chi connectivity index (χ2n) is 7.13. The Morgan fingerprint density at radius 3 is 2.55 bits per heavy atom. The first-order valence-corrected chi connectivity index (χ1v) is 7.60. The molecule has 122 valence electrons. The van der Waals surface area contributed by atoms with Crippen LogP contribution in [0.1, 0.15) is 32.8 Å². The van der Waals surface area contributed by atoms with Gasteiger partial charge in [0.25, 0.3) is 0 Å². The van der Waals surface area contributed by atoms with Gasteiger partial charge in [0, 0.05) is 6.42 Å². The van der Waals surface area contributed by atoms with Gasteiger partial charge in [-0.2, -0.15) is 0 Å². The molecule has 0 aliphatic carbocycles. The summed E-state index contributed by atoms with van der Waals surface area (Å²) < 4.78 is 0.